The zero-order valence-electron chi connectivity index (χ0n) is 18.9. The van der Waals surface area contributed by atoms with Crippen molar-refractivity contribution in [2.75, 3.05) is 20.6 Å². The van der Waals surface area contributed by atoms with Crippen LogP contribution in [0.3, 0.4) is 0 Å². The first-order chi connectivity index (χ1) is 12.8. The highest BCUT2D eigenvalue weighted by Crippen LogP contribution is 2.14. The van der Waals surface area contributed by atoms with Crippen molar-refractivity contribution in [2.24, 2.45) is 5.73 Å². The van der Waals surface area contributed by atoms with Crippen LogP contribution in [0.5, 0.6) is 0 Å². The van der Waals surface area contributed by atoms with Gasteiger partial charge in [-0.2, -0.15) is 0 Å². The fourth-order valence-electron chi connectivity index (χ4n) is 3.40. The van der Waals surface area contributed by atoms with Crippen LogP contribution in [-0.2, 0) is 0 Å². The van der Waals surface area contributed by atoms with E-state index in [-0.39, 0.29) is 0 Å². The van der Waals surface area contributed by atoms with Crippen LogP contribution in [0.25, 0.3) is 0 Å². The predicted octanol–water partition coefficient (Wildman–Crippen LogP) is 7.60. The molecule has 0 aromatic heterocycles. The molecule has 0 radical (unpaired) electrons. The molecule has 0 spiro atoms. The lowest BCUT2D eigenvalue weighted by molar-refractivity contribution is 0.522. The number of rotatable bonds is 20. The van der Waals surface area contributed by atoms with Gasteiger partial charge in [-0.25, -0.2) is 0 Å². The van der Waals surface area contributed by atoms with Crippen molar-refractivity contribution in [3.8, 4) is 0 Å². The maximum absolute atomic E-state index is 5.51. The lowest BCUT2D eigenvalue weighted by atomic mass is 10.0. The summed E-state index contributed by atoms with van der Waals surface area (Å²) in [5.74, 6) is 0. The minimum Gasteiger partial charge on any atom is -0.330 e. The highest BCUT2D eigenvalue weighted by molar-refractivity contribution is 4.50. The van der Waals surface area contributed by atoms with Crippen LogP contribution in [-0.4, -0.2) is 20.6 Å². The molecule has 2 nitrogen and oxygen atoms in total. The smallest absolute Gasteiger partial charge is 0.00773 e. The molecule has 2 heteroatoms. The summed E-state index contributed by atoms with van der Waals surface area (Å²) in [6, 6.07) is 0. The average molecular weight is 371 g/mol. The van der Waals surface area contributed by atoms with Crippen molar-refractivity contribution in [3.63, 3.8) is 0 Å². The first-order valence-corrected chi connectivity index (χ1v) is 12.1. The zero-order chi connectivity index (χ0) is 19.6. The minimum atomic E-state index is 0.874. The zero-order valence-corrected chi connectivity index (χ0v) is 18.9. The molecule has 3 N–H and O–H groups in total. The van der Waals surface area contributed by atoms with Gasteiger partial charge in [0.15, 0.2) is 0 Å². The normalized spacial score (nSPS) is 10.6. The maximum Gasteiger partial charge on any atom is -0.00773 e. The largest absolute Gasteiger partial charge is 0.330 e. The molecule has 0 unspecified atom stereocenters. The second kappa shape index (κ2) is 29.7. The van der Waals surface area contributed by atoms with E-state index in [1.807, 2.05) is 14.1 Å². The third-order valence-corrected chi connectivity index (χ3v) is 5.06. The SMILES string of the molecule is CCCCCCCCCCCCCCCCCCCCCCN.CNC. The lowest BCUT2D eigenvalue weighted by Crippen LogP contribution is -1.97. The third kappa shape index (κ3) is 31.7. The summed E-state index contributed by atoms with van der Waals surface area (Å²) >= 11 is 0. The van der Waals surface area contributed by atoms with Gasteiger partial charge < -0.3 is 11.1 Å². The molecule has 160 valence electrons. The molecular weight excluding hydrogens is 316 g/mol. The highest BCUT2D eigenvalue weighted by Gasteiger charge is 1.95. The van der Waals surface area contributed by atoms with Gasteiger partial charge in [0, 0.05) is 0 Å². The van der Waals surface area contributed by atoms with E-state index in [2.05, 4.69) is 12.2 Å². The molecule has 0 aliphatic carbocycles. The Morgan fingerprint density at radius 2 is 0.615 bits per heavy atom. The lowest BCUT2D eigenvalue weighted by Gasteiger charge is -2.04. The number of nitrogens with two attached hydrogens (primary N) is 1. The molecule has 0 aromatic rings. The van der Waals surface area contributed by atoms with Crippen molar-refractivity contribution >= 4 is 0 Å². The Labute approximate surface area is 167 Å². The van der Waals surface area contributed by atoms with Crippen LogP contribution in [0.15, 0.2) is 0 Å². The Morgan fingerprint density at radius 3 is 0.808 bits per heavy atom. The standard InChI is InChI=1S/C22H47N.C2H7N/c1-2-3-4-5-6-7-8-9-10-11-12-13-14-15-16-17-18-19-20-21-22-23;1-3-2/h2-23H2,1H3;3H,1-2H3. The summed E-state index contributed by atoms with van der Waals surface area (Å²) in [6.45, 7) is 3.17. The van der Waals surface area contributed by atoms with E-state index in [9.17, 15) is 0 Å². The summed E-state index contributed by atoms with van der Waals surface area (Å²) in [5.41, 5.74) is 5.51. The number of nitrogens with one attached hydrogen (secondary N) is 1. The third-order valence-electron chi connectivity index (χ3n) is 5.06. The average Bonchev–Trinajstić information content (AvgIpc) is 2.64. The maximum atomic E-state index is 5.51. The van der Waals surface area contributed by atoms with Gasteiger partial charge in [-0.15, -0.1) is 0 Å². The van der Waals surface area contributed by atoms with E-state index in [0.717, 1.165) is 6.54 Å². The van der Waals surface area contributed by atoms with E-state index in [1.54, 1.807) is 0 Å². The van der Waals surface area contributed by atoms with Gasteiger partial charge >= 0.3 is 0 Å². The van der Waals surface area contributed by atoms with Crippen molar-refractivity contribution in [2.45, 2.75) is 135 Å². The van der Waals surface area contributed by atoms with E-state index in [0.29, 0.717) is 0 Å². The quantitative estimate of drug-likeness (QED) is 0.216. The van der Waals surface area contributed by atoms with Crippen molar-refractivity contribution in [1.29, 1.82) is 0 Å². The Kier molecular flexibility index (Phi) is 32.1. The molecule has 0 saturated carbocycles. The Bertz CT molecular complexity index is 186. The summed E-state index contributed by atoms with van der Waals surface area (Å²) < 4.78 is 0. The van der Waals surface area contributed by atoms with Gasteiger partial charge in [0.2, 0.25) is 0 Å². The second-order valence-corrected chi connectivity index (χ2v) is 8.01. The van der Waals surface area contributed by atoms with Crippen molar-refractivity contribution in [3.05, 3.63) is 0 Å². The molecule has 26 heavy (non-hydrogen) atoms. The molecule has 0 rings (SSSR count). The van der Waals surface area contributed by atoms with E-state index in [1.165, 1.54) is 128 Å². The first kappa shape index (κ1) is 28.1. The van der Waals surface area contributed by atoms with Gasteiger partial charge in [0.1, 0.15) is 0 Å². The van der Waals surface area contributed by atoms with Crippen LogP contribution < -0.4 is 11.1 Å². The Hall–Kier alpha value is -0.0800. The minimum absolute atomic E-state index is 0.874. The molecule has 0 bridgehead atoms. The molecule has 0 aromatic carbocycles. The predicted molar refractivity (Wildman–Crippen MR) is 122 cm³/mol. The van der Waals surface area contributed by atoms with E-state index >= 15 is 0 Å². The van der Waals surface area contributed by atoms with Crippen LogP contribution in [0.4, 0.5) is 0 Å². The molecule has 0 fully saturated rings. The molecular formula is C24H54N2. The number of hydrogen-bond donors (Lipinski definition) is 2. The molecule has 0 aliphatic rings. The fourth-order valence-corrected chi connectivity index (χ4v) is 3.40. The Morgan fingerprint density at radius 1 is 0.423 bits per heavy atom. The monoisotopic (exact) mass is 370 g/mol. The highest BCUT2D eigenvalue weighted by atomic mass is 14.7. The summed E-state index contributed by atoms with van der Waals surface area (Å²) in [7, 11) is 3.75. The van der Waals surface area contributed by atoms with Crippen molar-refractivity contribution in [1.82, 2.24) is 5.32 Å². The molecule has 0 aliphatic heterocycles. The van der Waals surface area contributed by atoms with Gasteiger partial charge in [0.05, 0.1) is 0 Å². The molecule has 0 heterocycles. The summed E-state index contributed by atoms with van der Waals surface area (Å²) in [6.07, 6.45) is 28.8. The van der Waals surface area contributed by atoms with E-state index in [4.69, 9.17) is 5.73 Å². The van der Waals surface area contributed by atoms with Gasteiger partial charge in [-0.1, -0.05) is 129 Å². The van der Waals surface area contributed by atoms with Crippen LogP contribution in [0.1, 0.15) is 135 Å². The van der Waals surface area contributed by atoms with Gasteiger partial charge in [-0.05, 0) is 27.1 Å². The Balaban J connectivity index is 0. The van der Waals surface area contributed by atoms with Crippen LogP contribution >= 0.6 is 0 Å². The van der Waals surface area contributed by atoms with Gasteiger partial charge in [0.25, 0.3) is 0 Å². The topological polar surface area (TPSA) is 38.0 Å². The molecule has 0 amide bonds. The van der Waals surface area contributed by atoms with Crippen LogP contribution in [0, 0.1) is 0 Å². The summed E-state index contributed by atoms with van der Waals surface area (Å²) in [4.78, 5) is 0. The summed E-state index contributed by atoms with van der Waals surface area (Å²) in [5, 5.41) is 2.75. The van der Waals surface area contributed by atoms with Crippen molar-refractivity contribution < 1.29 is 0 Å². The molecule has 0 saturated heterocycles. The second-order valence-electron chi connectivity index (χ2n) is 8.01. The number of unbranched alkanes of at least 4 members (excludes halogenated alkanes) is 19. The van der Waals surface area contributed by atoms with Gasteiger partial charge in [-0.3, -0.25) is 0 Å². The fraction of sp³-hybridized carbons (Fsp3) is 1.00. The first-order valence-electron chi connectivity index (χ1n) is 12.1. The van der Waals surface area contributed by atoms with E-state index < -0.39 is 0 Å². The van der Waals surface area contributed by atoms with Crippen LogP contribution in [0.2, 0.25) is 0 Å². The number of hydrogen-bond acceptors (Lipinski definition) is 2. The molecule has 0 atom stereocenters.